The molecule has 1 aliphatic carbocycles. The van der Waals surface area contributed by atoms with Gasteiger partial charge in [0, 0.05) is 11.4 Å². The van der Waals surface area contributed by atoms with Gasteiger partial charge in [0.15, 0.2) is 0 Å². The van der Waals surface area contributed by atoms with Crippen molar-refractivity contribution in [2.75, 3.05) is 11.9 Å². The van der Waals surface area contributed by atoms with Crippen LogP contribution in [0.5, 0.6) is 0 Å². The Balaban J connectivity index is 1.81. The number of thiophene rings is 1. The Kier molecular flexibility index (Phi) is 4.33. The van der Waals surface area contributed by atoms with Gasteiger partial charge >= 0.3 is 0 Å². The van der Waals surface area contributed by atoms with Gasteiger partial charge in [-0.1, -0.05) is 25.7 Å². The summed E-state index contributed by atoms with van der Waals surface area (Å²) < 4.78 is 0. The van der Waals surface area contributed by atoms with Crippen molar-refractivity contribution in [2.24, 2.45) is 0 Å². The number of aliphatic hydroxyl groups is 1. The minimum atomic E-state index is -0.634. The molecule has 0 aliphatic heterocycles. The molecular weight excluding hydrogens is 306 g/mol. The predicted octanol–water partition coefficient (Wildman–Crippen LogP) is 4.15. The molecule has 0 spiro atoms. The van der Waals surface area contributed by atoms with Gasteiger partial charge in [-0.25, -0.2) is 9.97 Å². The third kappa shape index (κ3) is 3.47. The van der Waals surface area contributed by atoms with Crippen LogP contribution >= 0.6 is 22.9 Å². The average molecular weight is 326 g/mol. The molecular formula is C15H20ClN3OS. The van der Waals surface area contributed by atoms with Crippen LogP contribution in [0, 0.1) is 6.92 Å². The fraction of sp³-hybridized carbons (Fsp3) is 0.600. The van der Waals surface area contributed by atoms with Crippen LogP contribution in [0.2, 0.25) is 5.28 Å². The van der Waals surface area contributed by atoms with Crippen molar-refractivity contribution in [2.45, 2.75) is 51.0 Å². The molecule has 2 aromatic rings. The molecule has 0 radical (unpaired) electrons. The summed E-state index contributed by atoms with van der Waals surface area (Å²) in [6.45, 7) is 2.56. The molecule has 0 atom stereocenters. The summed E-state index contributed by atoms with van der Waals surface area (Å²) in [7, 11) is 0. The second-order valence-electron chi connectivity index (χ2n) is 5.91. The van der Waals surface area contributed by atoms with Gasteiger partial charge in [0.1, 0.15) is 10.6 Å². The van der Waals surface area contributed by atoms with Gasteiger partial charge in [0.25, 0.3) is 0 Å². The number of hydrogen-bond acceptors (Lipinski definition) is 5. The summed E-state index contributed by atoms with van der Waals surface area (Å²) in [4.78, 5) is 10.6. The number of anilines is 1. The summed E-state index contributed by atoms with van der Waals surface area (Å²) in [5, 5.41) is 15.3. The lowest BCUT2D eigenvalue weighted by molar-refractivity contribution is 0.0381. The largest absolute Gasteiger partial charge is 0.388 e. The summed E-state index contributed by atoms with van der Waals surface area (Å²) in [5.74, 6) is 0.729. The Morgan fingerprint density at radius 3 is 2.71 bits per heavy atom. The Labute approximate surface area is 133 Å². The zero-order chi connectivity index (χ0) is 14.9. The molecule has 21 heavy (non-hydrogen) atoms. The highest BCUT2D eigenvalue weighted by Gasteiger charge is 2.28. The fourth-order valence-electron chi connectivity index (χ4n) is 2.96. The molecule has 2 N–H and O–H groups in total. The fourth-order valence-corrected chi connectivity index (χ4v) is 4.06. The van der Waals surface area contributed by atoms with Crippen molar-refractivity contribution in [1.82, 2.24) is 9.97 Å². The predicted molar refractivity (Wildman–Crippen MR) is 88.3 cm³/mol. The van der Waals surface area contributed by atoms with E-state index in [9.17, 15) is 5.11 Å². The van der Waals surface area contributed by atoms with Gasteiger partial charge in [-0.3, -0.25) is 0 Å². The third-order valence-corrected chi connectivity index (χ3v) is 5.22. The van der Waals surface area contributed by atoms with Crippen molar-refractivity contribution in [3.63, 3.8) is 0 Å². The summed E-state index contributed by atoms with van der Waals surface area (Å²) in [5.41, 5.74) is -0.634. The smallest absolute Gasteiger partial charge is 0.225 e. The van der Waals surface area contributed by atoms with E-state index >= 15 is 0 Å². The highest BCUT2D eigenvalue weighted by atomic mass is 35.5. The minimum Gasteiger partial charge on any atom is -0.388 e. The van der Waals surface area contributed by atoms with E-state index in [1.807, 2.05) is 6.92 Å². The van der Waals surface area contributed by atoms with E-state index in [4.69, 9.17) is 11.6 Å². The SMILES string of the molecule is Cc1cc2c(NCC3(O)CCCCCC3)nc(Cl)nc2s1. The number of hydrogen-bond donors (Lipinski definition) is 2. The van der Waals surface area contributed by atoms with Gasteiger partial charge in [-0.05, 0) is 37.4 Å². The molecule has 0 saturated heterocycles. The molecule has 0 unspecified atom stereocenters. The average Bonchev–Trinajstić information content (AvgIpc) is 2.66. The molecule has 1 fully saturated rings. The summed E-state index contributed by atoms with van der Waals surface area (Å²) in [6.07, 6.45) is 6.33. The van der Waals surface area contributed by atoms with E-state index in [1.165, 1.54) is 17.7 Å². The monoisotopic (exact) mass is 325 g/mol. The second kappa shape index (κ2) is 6.07. The topological polar surface area (TPSA) is 58.0 Å². The van der Waals surface area contributed by atoms with Crippen LogP contribution in [-0.4, -0.2) is 27.2 Å². The molecule has 2 heterocycles. The maximum atomic E-state index is 10.7. The van der Waals surface area contributed by atoms with E-state index < -0.39 is 5.60 Å². The first kappa shape index (κ1) is 15.0. The standard InChI is InChI=1S/C15H20ClN3OS/c1-10-8-11-12(18-14(16)19-13(11)21-10)17-9-15(20)6-4-2-3-5-7-15/h8,20H,2-7,9H2,1H3,(H,17,18,19). The molecule has 1 saturated carbocycles. The molecule has 0 aromatic carbocycles. The Morgan fingerprint density at radius 1 is 1.29 bits per heavy atom. The quantitative estimate of drug-likeness (QED) is 0.657. The normalized spacial score (nSPS) is 18.6. The first-order chi connectivity index (χ1) is 10.1. The lowest BCUT2D eigenvalue weighted by Gasteiger charge is -2.27. The van der Waals surface area contributed by atoms with E-state index in [0.717, 1.165) is 41.7 Å². The van der Waals surface area contributed by atoms with Crippen LogP contribution in [0.25, 0.3) is 10.2 Å². The number of nitrogens with zero attached hydrogens (tertiary/aromatic N) is 2. The zero-order valence-electron chi connectivity index (χ0n) is 12.2. The van der Waals surface area contributed by atoms with Gasteiger partial charge in [0.2, 0.25) is 5.28 Å². The first-order valence-electron chi connectivity index (χ1n) is 7.46. The van der Waals surface area contributed by atoms with Crippen LogP contribution in [0.4, 0.5) is 5.82 Å². The van der Waals surface area contributed by atoms with E-state index in [0.29, 0.717) is 6.54 Å². The van der Waals surface area contributed by atoms with Crippen LogP contribution < -0.4 is 5.32 Å². The van der Waals surface area contributed by atoms with Crippen LogP contribution in [0.3, 0.4) is 0 Å². The van der Waals surface area contributed by atoms with Gasteiger partial charge in [-0.15, -0.1) is 11.3 Å². The van der Waals surface area contributed by atoms with Crippen LogP contribution in [0.15, 0.2) is 6.07 Å². The summed E-state index contributed by atoms with van der Waals surface area (Å²) in [6, 6.07) is 2.07. The number of rotatable bonds is 3. The number of fused-ring (bicyclic) bond motifs is 1. The second-order valence-corrected chi connectivity index (χ2v) is 7.48. The third-order valence-electron chi connectivity index (χ3n) is 4.11. The molecule has 0 bridgehead atoms. The van der Waals surface area contributed by atoms with Crippen molar-refractivity contribution in [3.05, 3.63) is 16.2 Å². The highest BCUT2D eigenvalue weighted by molar-refractivity contribution is 7.18. The summed E-state index contributed by atoms with van der Waals surface area (Å²) >= 11 is 7.60. The van der Waals surface area contributed by atoms with E-state index in [1.54, 1.807) is 11.3 Å². The number of aromatic nitrogens is 2. The van der Waals surface area contributed by atoms with Gasteiger partial charge < -0.3 is 10.4 Å². The molecule has 1 aliphatic rings. The van der Waals surface area contributed by atoms with E-state index in [2.05, 4.69) is 21.4 Å². The van der Waals surface area contributed by atoms with E-state index in [-0.39, 0.29) is 5.28 Å². The highest BCUT2D eigenvalue weighted by Crippen LogP contribution is 2.31. The maximum Gasteiger partial charge on any atom is 0.225 e. The molecule has 3 rings (SSSR count). The van der Waals surface area contributed by atoms with Crippen molar-refractivity contribution < 1.29 is 5.11 Å². The lowest BCUT2D eigenvalue weighted by Crippen LogP contribution is -2.36. The molecule has 4 nitrogen and oxygen atoms in total. The zero-order valence-corrected chi connectivity index (χ0v) is 13.7. The van der Waals surface area contributed by atoms with Crippen LogP contribution in [0.1, 0.15) is 43.4 Å². The van der Waals surface area contributed by atoms with Crippen molar-refractivity contribution >= 4 is 39.0 Å². The first-order valence-corrected chi connectivity index (χ1v) is 8.65. The minimum absolute atomic E-state index is 0.250. The molecule has 114 valence electrons. The Morgan fingerprint density at radius 2 is 2.00 bits per heavy atom. The maximum absolute atomic E-state index is 10.7. The van der Waals surface area contributed by atoms with Crippen LogP contribution in [-0.2, 0) is 0 Å². The van der Waals surface area contributed by atoms with Gasteiger partial charge in [-0.2, -0.15) is 0 Å². The Bertz CT molecular complexity index is 635. The molecule has 2 aromatic heterocycles. The number of nitrogens with one attached hydrogen (secondary N) is 1. The number of halogens is 1. The lowest BCUT2D eigenvalue weighted by atomic mass is 9.94. The van der Waals surface area contributed by atoms with Gasteiger partial charge in [0.05, 0.1) is 11.0 Å². The number of aryl methyl sites for hydroxylation is 1. The Hall–Kier alpha value is -0.910. The molecule has 0 amide bonds. The van der Waals surface area contributed by atoms with Crippen molar-refractivity contribution in [3.8, 4) is 0 Å². The van der Waals surface area contributed by atoms with Crippen molar-refractivity contribution in [1.29, 1.82) is 0 Å². The molecule has 6 heteroatoms.